The summed E-state index contributed by atoms with van der Waals surface area (Å²) in [6.45, 7) is 4.91. The van der Waals surface area contributed by atoms with Crippen LogP contribution in [-0.2, 0) is 4.79 Å². The second-order valence-electron chi connectivity index (χ2n) is 7.01. The van der Waals surface area contributed by atoms with E-state index in [-0.39, 0.29) is 11.7 Å². The predicted octanol–water partition coefficient (Wildman–Crippen LogP) is 4.04. The van der Waals surface area contributed by atoms with Crippen LogP contribution in [-0.4, -0.2) is 42.0 Å². The van der Waals surface area contributed by atoms with E-state index in [2.05, 4.69) is 24.0 Å². The highest BCUT2D eigenvalue weighted by Gasteiger charge is 2.21. The summed E-state index contributed by atoms with van der Waals surface area (Å²) in [6, 6.07) is 16.4. The number of nitrogens with zero attached hydrogens (tertiary/aromatic N) is 3. The van der Waals surface area contributed by atoms with Crippen LogP contribution in [0.5, 0.6) is 0 Å². The van der Waals surface area contributed by atoms with Crippen molar-refractivity contribution in [1.82, 2.24) is 9.88 Å². The van der Waals surface area contributed by atoms with Crippen LogP contribution in [0.4, 0.5) is 10.2 Å². The first-order valence-corrected chi connectivity index (χ1v) is 9.44. The van der Waals surface area contributed by atoms with Crippen LogP contribution >= 0.6 is 0 Å². The van der Waals surface area contributed by atoms with Gasteiger partial charge in [-0.15, -0.1) is 0 Å². The Morgan fingerprint density at radius 2 is 1.75 bits per heavy atom. The van der Waals surface area contributed by atoms with Gasteiger partial charge in [0.2, 0.25) is 5.91 Å². The van der Waals surface area contributed by atoms with E-state index in [1.807, 2.05) is 23.1 Å². The Bertz CT molecular complexity index is 1020. The van der Waals surface area contributed by atoms with E-state index in [0.29, 0.717) is 13.1 Å². The Hall–Kier alpha value is -3.21. The number of amides is 1. The van der Waals surface area contributed by atoms with E-state index in [1.54, 1.807) is 24.3 Å². The third-order valence-electron chi connectivity index (χ3n) is 5.11. The minimum Gasteiger partial charge on any atom is -0.353 e. The molecule has 0 atom stereocenters. The van der Waals surface area contributed by atoms with Crippen LogP contribution in [0.25, 0.3) is 17.0 Å². The number of hydrogen-bond donors (Lipinski definition) is 0. The molecule has 0 saturated carbocycles. The molecule has 1 aromatic heterocycles. The van der Waals surface area contributed by atoms with Crippen LogP contribution in [0.3, 0.4) is 0 Å². The second kappa shape index (κ2) is 7.80. The Kier molecular flexibility index (Phi) is 5.06. The molecule has 1 aliphatic rings. The zero-order valence-electron chi connectivity index (χ0n) is 15.8. The average molecular weight is 375 g/mol. The number of fused-ring (bicyclic) bond motifs is 1. The number of para-hydroxylation sites is 1. The van der Waals surface area contributed by atoms with Gasteiger partial charge in [-0.3, -0.25) is 4.79 Å². The summed E-state index contributed by atoms with van der Waals surface area (Å²) >= 11 is 0. The Morgan fingerprint density at radius 1 is 1.04 bits per heavy atom. The molecule has 1 fully saturated rings. The molecule has 2 heterocycles. The Labute approximate surface area is 163 Å². The third-order valence-corrected chi connectivity index (χ3v) is 5.11. The van der Waals surface area contributed by atoms with Crippen molar-refractivity contribution in [3.05, 3.63) is 77.6 Å². The number of benzene rings is 2. The molecule has 1 amide bonds. The summed E-state index contributed by atoms with van der Waals surface area (Å²) in [6.07, 6.45) is 3.28. The molecule has 142 valence electrons. The molecule has 0 unspecified atom stereocenters. The van der Waals surface area contributed by atoms with Crippen LogP contribution in [0, 0.1) is 12.7 Å². The van der Waals surface area contributed by atoms with Gasteiger partial charge in [0.15, 0.2) is 0 Å². The number of hydrogen-bond acceptors (Lipinski definition) is 3. The Balaban J connectivity index is 1.40. The van der Waals surface area contributed by atoms with Crippen molar-refractivity contribution < 1.29 is 9.18 Å². The molecule has 0 spiro atoms. The molecule has 0 bridgehead atoms. The maximum Gasteiger partial charge on any atom is 0.246 e. The van der Waals surface area contributed by atoms with E-state index in [9.17, 15) is 9.18 Å². The zero-order chi connectivity index (χ0) is 19.5. The summed E-state index contributed by atoms with van der Waals surface area (Å²) in [7, 11) is 0. The maximum absolute atomic E-state index is 13.0. The van der Waals surface area contributed by atoms with Gasteiger partial charge in [0.25, 0.3) is 0 Å². The number of carbonyl (C=O) groups is 1. The average Bonchev–Trinajstić information content (AvgIpc) is 2.73. The molecule has 28 heavy (non-hydrogen) atoms. The number of halogens is 1. The van der Waals surface area contributed by atoms with E-state index < -0.39 is 0 Å². The van der Waals surface area contributed by atoms with Gasteiger partial charge in [0.05, 0.1) is 5.52 Å². The normalized spacial score (nSPS) is 14.8. The lowest BCUT2D eigenvalue weighted by Gasteiger charge is -2.35. The van der Waals surface area contributed by atoms with Crippen LogP contribution in [0.1, 0.15) is 11.1 Å². The number of aromatic nitrogens is 1. The van der Waals surface area contributed by atoms with Crippen molar-refractivity contribution in [2.24, 2.45) is 0 Å². The molecular formula is C23H22FN3O. The molecule has 0 radical (unpaired) electrons. The van der Waals surface area contributed by atoms with Crippen molar-refractivity contribution in [3.8, 4) is 0 Å². The number of carbonyl (C=O) groups excluding carboxylic acids is 1. The number of pyridine rings is 1. The van der Waals surface area contributed by atoms with Gasteiger partial charge in [-0.05, 0) is 48.4 Å². The fraction of sp³-hybridized carbons (Fsp3) is 0.217. The zero-order valence-corrected chi connectivity index (χ0v) is 15.8. The topological polar surface area (TPSA) is 36.4 Å². The standard InChI is InChI=1S/C23H22FN3O/c1-17-16-22(25-21-5-3-2-4-20(17)21)26-12-14-27(15-13-26)23(28)11-8-18-6-9-19(24)10-7-18/h2-11,16H,12-15H2,1H3/b11-8+. The molecule has 5 heteroatoms. The SMILES string of the molecule is Cc1cc(N2CCN(C(=O)/C=C/c3ccc(F)cc3)CC2)nc2ccccc12. The van der Waals surface area contributed by atoms with Crippen molar-refractivity contribution >= 4 is 28.7 Å². The first kappa shape index (κ1) is 18.2. The lowest BCUT2D eigenvalue weighted by molar-refractivity contribution is -0.126. The van der Waals surface area contributed by atoms with Gasteiger partial charge in [-0.1, -0.05) is 30.3 Å². The van der Waals surface area contributed by atoms with Gasteiger partial charge >= 0.3 is 0 Å². The van der Waals surface area contributed by atoms with Crippen molar-refractivity contribution in [3.63, 3.8) is 0 Å². The van der Waals surface area contributed by atoms with Crippen LogP contribution < -0.4 is 4.90 Å². The van der Waals surface area contributed by atoms with Gasteiger partial charge in [0.1, 0.15) is 11.6 Å². The summed E-state index contributed by atoms with van der Waals surface area (Å²) in [4.78, 5) is 21.3. The highest BCUT2D eigenvalue weighted by Crippen LogP contribution is 2.23. The van der Waals surface area contributed by atoms with Gasteiger partial charge in [0, 0.05) is 37.6 Å². The quantitative estimate of drug-likeness (QED) is 0.648. The summed E-state index contributed by atoms with van der Waals surface area (Å²) < 4.78 is 13.0. The molecule has 4 rings (SSSR count). The maximum atomic E-state index is 13.0. The smallest absolute Gasteiger partial charge is 0.246 e. The first-order valence-electron chi connectivity index (χ1n) is 9.44. The van der Waals surface area contributed by atoms with Crippen molar-refractivity contribution in [1.29, 1.82) is 0 Å². The molecule has 4 nitrogen and oxygen atoms in total. The summed E-state index contributed by atoms with van der Waals surface area (Å²) in [5.41, 5.74) is 3.02. The van der Waals surface area contributed by atoms with E-state index >= 15 is 0 Å². The predicted molar refractivity (Wildman–Crippen MR) is 111 cm³/mol. The van der Waals surface area contributed by atoms with Crippen molar-refractivity contribution in [2.75, 3.05) is 31.1 Å². The monoisotopic (exact) mass is 375 g/mol. The highest BCUT2D eigenvalue weighted by atomic mass is 19.1. The largest absolute Gasteiger partial charge is 0.353 e. The third kappa shape index (κ3) is 3.88. The first-order chi connectivity index (χ1) is 13.6. The molecule has 3 aromatic rings. The van der Waals surface area contributed by atoms with Gasteiger partial charge in [-0.2, -0.15) is 0 Å². The van der Waals surface area contributed by atoms with E-state index in [0.717, 1.165) is 30.0 Å². The van der Waals surface area contributed by atoms with Gasteiger partial charge < -0.3 is 9.80 Å². The molecule has 0 aliphatic carbocycles. The molecule has 1 aliphatic heterocycles. The fourth-order valence-electron chi connectivity index (χ4n) is 3.50. The lowest BCUT2D eigenvalue weighted by Crippen LogP contribution is -2.48. The highest BCUT2D eigenvalue weighted by molar-refractivity contribution is 5.92. The molecular weight excluding hydrogens is 353 g/mol. The van der Waals surface area contributed by atoms with Gasteiger partial charge in [-0.25, -0.2) is 9.37 Å². The lowest BCUT2D eigenvalue weighted by atomic mass is 10.1. The van der Waals surface area contributed by atoms with E-state index in [4.69, 9.17) is 4.98 Å². The number of piperazine rings is 1. The van der Waals surface area contributed by atoms with Crippen LogP contribution in [0.2, 0.25) is 0 Å². The minimum atomic E-state index is -0.280. The number of anilines is 1. The Morgan fingerprint density at radius 3 is 2.50 bits per heavy atom. The summed E-state index contributed by atoms with van der Waals surface area (Å²) in [5, 5.41) is 1.17. The summed E-state index contributed by atoms with van der Waals surface area (Å²) in [5.74, 6) is 0.661. The second-order valence-corrected chi connectivity index (χ2v) is 7.01. The van der Waals surface area contributed by atoms with Crippen molar-refractivity contribution in [2.45, 2.75) is 6.92 Å². The molecule has 0 N–H and O–H groups in total. The number of rotatable bonds is 3. The van der Waals surface area contributed by atoms with E-state index in [1.165, 1.54) is 23.1 Å². The molecule has 1 saturated heterocycles. The number of aryl methyl sites for hydroxylation is 1. The minimum absolute atomic E-state index is 0.0216. The van der Waals surface area contributed by atoms with Crippen LogP contribution in [0.15, 0.2) is 60.7 Å². The fourth-order valence-corrected chi connectivity index (χ4v) is 3.50. The molecule has 2 aromatic carbocycles.